The molecule has 0 aliphatic carbocycles. The lowest BCUT2D eigenvalue weighted by atomic mass is 9.99. The van der Waals surface area contributed by atoms with Crippen molar-refractivity contribution in [3.05, 3.63) is 24.3 Å². The molecule has 1 heterocycles. The van der Waals surface area contributed by atoms with Gasteiger partial charge in [-0.05, 0) is 44.9 Å². The van der Waals surface area contributed by atoms with Gasteiger partial charge in [-0.3, -0.25) is 4.79 Å². The minimum absolute atomic E-state index is 0.109. The number of unbranched alkanes of at least 4 members (excludes halogenated alkanes) is 36. The molecular weight excluding hydrogens is 841 g/mol. The van der Waals surface area contributed by atoms with Gasteiger partial charge in [0.05, 0.1) is 19.8 Å². The molecule has 9 heteroatoms. The van der Waals surface area contributed by atoms with Gasteiger partial charge in [0.2, 0.25) is 0 Å². The number of ether oxygens (including phenoxy) is 4. The third-order valence-corrected chi connectivity index (χ3v) is 13.6. The van der Waals surface area contributed by atoms with E-state index in [1.165, 1.54) is 218 Å². The Morgan fingerprint density at radius 1 is 0.478 bits per heavy atom. The van der Waals surface area contributed by atoms with Crippen LogP contribution in [-0.4, -0.2) is 89.6 Å². The van der Waals surface area contributed by atoms with Crippen molar-refractivity contribution in [2.45, 2.75) is 314 Å². The predicted molar refractivity (Wildman–Crippen MR) is 279 cm³/mol. The van der Waals surface area contributed by atoms with Crippen molar-refractivity contribution >= 4 is 5.97 Å². The lowest BCUT2D eigenvalue weighted by Crippen LogP contribution is -2.59. The summed E-state index contributed by atoms with van der Waals surface area (Å²) in [5.41, 5.74) is 0. The Balaban J connectivity index is 2.14. The molecule has 1 aliphatic rings. The van der Waals surface area contributed by atoms with E-state index in [0.29, 0.717) is 13.0 Å². The van der Waals surface area contributed by atoms with Gasteiger partial charge in [-0.15, -0.1) is 0 Å². The standard InChI is InChI=1S/C58H110O9/c1-3-5-7-9-11-13-15-17-19-21-23-25-26-27-28-30-32-34-36-38-40-42-44-46-48-64-50-52(51-65-58-57(63)56(62)55(61)53(49-59)67-58)66-54(60)47-45-43-41-39-37-35-33-31-29-24-22-20-18-16-14-12-10-8-6-4-2/h15,17,21,23,52-53,55-59,61-63H,3-14,16,18-20,22,24-51H2,1-2H3/b17-15-,23-21-. The van der Waals surface area contributed by atoms with E-state index in [4.69, 9.17) is 18.9 Å². The fourth-order valence-electron chi connectivity index (χ4n) is 9.11. The van der Waals surface area contributed by atoms with Crippen molar-refractivity contribution in [3.8, 4) is 0 Å². The molecule has 0 saturated carbocycles. The first kappa shape index (κ1) is 63.7. The average Bonchev–Trinajstić information content (AvgIpc) is 3.33. The van der Waals surface area contributed by atoms with Gasteiger partial charge >= 0.3 is 5.97 Å². The van der Waals surface area contributed by atoms with Crippen LogP contribution in [0.1, 0.15) is 277 Å². The molecule has 6 unspecified atom stereocenters. The Morgan fingerprint density at radius 2 is 0.866 bits per heavy atom. The highest BCUT2D eigenvalue weighted by molar-refractivity contribution is 5.69. The Kier molecular flexibility index (Phi) is 47.2. The Hall–Kier alpha value is -1.33. The van der Waals surface area contributed by atoms with Gasteiger partial charge in [0, 0.05) is 13.0 Å². The summed E-state index contributed by atoms with van der Waals surface area (Å²) in [5, 5.41) is 40.3. The fraction of sp³-hybridized carbons (Fsp3) is 0.914. The van der Waals surface area contributed by atoms with Crippen LogP contribution in [0.15, 0.2) is 24.3 Å². The SMILES string of the molecule is CCCCCCC/C=C\C/C=C\CCCCCCCCCCCCCCOCC(COC1OC(CO)C(O)C(O)C1O)OC(=O)CCCCCCCCCCCCCCCCCCCCCC. The van der Waals surface area contributed by atoms with Gasteiger partial charge in [-0.1, -0.05) is 250 Å². The number of carbonyl (C=O) groups excluding carboxylic acids is 1. The third-order valence-electron chi connectivity index (χ3n) is 13.6. The van der Waals surface area contributed by atoms with E-state index in [2.05, 4.69) is 38.2 Å². The summed E-state index contributed by atoms with van der Waals surface area (Å²) in [6.45, 7) is 4.61. The van der Waals surface area contributed by atoms with Gasteiger partial charge < -0.3 is 39.4 Å². The van der Waals surface area contributed by atoms with E-state index in [0.717, 1.165) is 38.5 Å². The Morgan fingerprint density at radius 3 is 1.28 bits per heavy atom. The quantitative estimate of drug-likeness (QED) is 0.0267. The van der Waals surface area contributed by atoms with E-state index in [1.54, 1.807) is 0 Å². The maximum atomic E-state index is 12.9. The first-order valence-corrected chi connectivity index (χ1v) is 28.9. The highest BCUT2D eigenvalue weighted by Crippen LogP contribution is 2.23. The van der Waals surface area contributed by atoms with Gasteiger partial charge in [0.15, 0.2) is 6.29 Å². The van der Waals surface area contributed by atoms with Crippen LogP contribution in [0.5, 0.6) is 0 Å². The molecule has 6 atom stereocenters. The summed E-state index contributed by atoms with van der Waals surface area (Å²) >= 11 is 0. The van der Waals surface area contributed by atoms with Crippen LogP contribution >= 0.6 is 0 Å². The second-order valence-electron chi connectivity index (χ2n) is 20.1. The molecule has 67 heavy (non-hydrogen) atoms. The minimum Gasteiger partial charge on any atom is -0.457 e. The van der Waals surface area contributed by atoms with Gasteiger partial charge in [0.1, 0.15) is 30.5 Å². The fourth-order valence-corrected chi connectivity index (χ4v) is 9.11. The molecule has 0 aromatic heterocycles. The molecule has 4 N–H and O–H groups in total. The topological polar surface area (TPSA) is 135 Å². The van der Waals surface area contributed by atoms with E-state index >= 15 is 0 Å². The van der Waals surface area contributed by atoms with E-state index < -0.39 is 43.4 Å². The molecule has 1 fully saturated rings. The largest absolute Gasteiger partial charge is 0.457 e. The maximum Gasteiger partial charge on any atom is 0.306 e. The molecule has 0 bridgehead atoms. The number of hydrogen-bond donors (Lipinski definition) is 4. The van der Waals surface area contributed by atoms with Crippen molar-refractivity contribution < 1.29 is 44.2 Å². The Bertz CT molecular complexity index is 1080. The summed E-state index contributed by atoms with van der Waals surface area (Å²) in [6, 6.07) is 0. The summed E-state index contributed by atoms with van der Waals surface area (Å²) in [5.74, 6) is -0.307. The average molecular weight is 952 g/mol. The van der Waals surface area contributed by atoms with Crippen LogP contribution in [-0.2, 0) is 23.7 Å². The van der Waals surface area contributed by atoms with Crippen LogP contribution in [0.3, 0.4) is 0 Å². The normalized spacial score (nSPS) is 19.3. The zero-order chi connectivity index (χ0) is 48.5. The zero-order valence-corrected chi connectivity index (χ0v) is 43.9. The molecule has 1 aliphatic heterocycles. The van der Waals surface area contributed by atoms with Crippen molar-refractivity contribution in [2.75, 3.05) is 26.4 Å². The summed E-state index contributed by atoms with van der Waals surface area (Å²) in [7, 11) is 0. The molecular formula is C58H110O9. The zero-order valence-electron chi connectivity index (χ0n) is 43.9. The predicted octanol–water partition coefficient (Wildman–Crippen LogP) is 14.9. The summed E-state index contributed by atoms with van der Waals surface area (Å²) in [4.78, 5) is 12.9. The van der Waals surface area contributed by atoms with Gasteiger partial charge in [-0.2, -0.15) is 0 Å². The van der Waals surface area contributed by atoms with Crippen LogP contribution in [0.25, 0.3) is 0 Å². The molecule has 9 nitrogen and oxygen atoms in total. The van der Waals surface area contributed by atoms with Crippen LogP contribution in [0, 0.1) is 0 Å². The first-order valence-electron chi connectivity index (χ1n) is 28.9. The molecule has 0 spiro atoms. The third kappa shape index (κ3) is 40.0. The smallest absolute Gasteiger partial charge is 0.306 e. The number of carbonyl (C=O) groups is 1. The van der Waals surface area contributed by atoms with E-state index in [9.17, 15) is 25.2 Å². The van der Waals surface area contributed by atoms with Crippen LogP contribution < -0.4 is 0 Å². The maximum absolute atomic E-state index is 12.9. The van der Waals surface area contributed by atoms with Crippen molar-refractivity contribution in [2.24, 2.45) is 0 Å². The van der Waals surface area contributed by atoms with Crippen molar-refractivity contribution in [3.63, 3.8) is 0 Å². The van der Waals surface area contributed by atoms with Crippen LogP contribution in [0.4, 0.5) is 0 Å². The highest BCUT2D eigenvalue weighted by Gasteiger charge is 2.44. The molecule has 0 aromatic rings. The number of esters is 1. The minimum atomic E-state index is -1.53. The Labute approximate surface area is 413 Å². The number of aliphatic hydroxyl groups excluding tert-OH is 4. The van der Waals surface area contributed by atoms with Gasteiger partial charge in [0.25, 0.3) is 0 Å². The number of rotatable bonds is 51. The lowest BCUT2D eigenvalue weighted by Gasteiger charge is -2.39. The first-order chi connectivity index (χ1) is 32.9. The van der Waals surface area contributed by atoms with Crippen molar-refractivity contribution in [1.82, 2.24) is 0 Å². The second-order valence-corrected chi connectivity index (χ2v) is 20.1. The molecule has 0 amide bonds. The summed E-state index contributed by atoms with van der Waals surface area (Å²) in [6.07, 6.45) is 53.7. The van der Waals surface area contributed by atoms with Crippen molar-refractivity contribution in [1.29, 1.82) is 0 Å². The molecule has 1 saturated heterocycles. The second kappa shape index (κ2) is 49.6. The number of hydrogen-bond acceptors (Lipinski definition) is 9. The lowest BCUT2D eigenvalue weighted by molar-refractivity contribution is -0.305. The van der Waals surface area contributed by atoms with E-state index in [-0.39, 0.29) is 19.2 Å². The monoisotopic (exact) mass is 951 g/mol. The molecule has 0 aromatic carbocycles. The van der Waals surface area contributed by atoms with E-state index in [1.807, 2.05) is 0 Å². The number of allylic oxidation sites excluding steroid dienone is 4. The molecule has 0 radical (unpaired) electrons. The highest BCUT2D eigenvalue weighted by atomic mass is 16.7. The van der Waals surface area contributed by atoms with Gasteiger partial charge in [-0.25, -0.2) is 0 Å². The van der Waals surface area contributed by atoms with Crippen LogP contribution in [0.2, 0.25) is 0 Å². The number of aliphatic hydroxyl groups is 4. The molecule has 1 rings (SSSR count). The molecule has 396 valence electrons. The summed E-state index contributed by atoms with van der Waals surface area (Å²) < 4.78 is 23.0.